The first-order valence-electron chi connectivity index (χ1n) is 4.43. The predicted octanol–water partition coefficient (Wildman–Crippen LogP) is 1.47. The lowest BCUT2D eigenvalue weighted by Crippen LogP contribution is -2.20. The van der Waals surface area contributed by atoms with Crippen molar-refractivity contribution in [3.05, 3.63) is 29.3 Å². The van der Waals surface area contributed by atoms with Crippen LogP contribution in [0.15, 0.2) is 23.1 Å². The van der Waals surface area contributed by atoms with Gasteiger partial charge in [0.05, 0.1) is 10.5 Å². The van der Waals surface area contributed by atoms with Gasteiger partial charge in [0.25, 0.3) is 10.1 Å². The van der Waals surface area contributed by atoms with Gasteiger partial charge in [0.15, 0.2) is 0 Å². The molecule has 1 rings (SSSR count). The van der Waals surface area contributed by atoms with E-state index in [9.17, 15) is 13.5 Å². The second-order valence-electron chi connectivity index (χ2n) is 4.03. The highest BCUT2D eigenvalue weighted by molar-refractivity contribution is 7.85. The van der Waals surface area contributed by atoms with Crippen LogP contribution in [0.25, 0.3) is 0 Å². The highest BCUT2D eigenvalue weighted by atomic mass is 32.2. The molecule has 0 aliphatic heterocycles. The van der Waals surface area contributed by atoms with Gasteiger partial charge in [-0.15, -0.1) is 0 Å². The molecule has 0 spiro atoms. The van der Waals surface area contributed by atoms with Crippen LogP contribution in [-0.2, 0) is 15.7 Å². The summed E-state index contributed by atoms with van der Waals surface area (Å²) < 4.78 is 31.1. The number of aliphatic hydroxyl groups is 1. The van der Waals surface area contributed by atoms with Crippen LogP contribution in [0.3, 0.4) is 0 Å². The van der Waals surface area contributed by atoms with E-state index in [0.29, 0.717) is 0 Å². The van der Waals surface area contributed by atoms with Crippen molar-refractivity contribution in [2.24, 2.45) is 0 Å². The van der Waals surface area contributed by atoms with Crippen molar-refractivity contribution in [3.8, 4) is 0 Å². The monoisotopic (exact) mass is 230 g/mol. The Kier molecular flexibility index (Phi) is 2.91. The van der Waals surface area contributed by atoms with Gasteiger partial charge in [-0.1, -0.05) is 17.7 Å². The topological polar surface area (TPSA) is 74.6 Å². The quantitative estimate of drug-likeness (QED) is 0.754. The van der Waals surface area contributed by atoms with Gasteiger partial charge in [0.1, 0.15) is 0 Å². The van der Waals surface area contributed by atoms with Gasteiger partial charge >= 0.3 is 0 Å². The van der Waals surface area contributed by atoms with Crippen molar-refractivity contribution < 1.29 is 18.1 Å². The zero-order valence-electron chi connectivity index (χ0n) is 8.85. The zero-order valence-corrected chi connectivity index (χ0v) is 9.67. The summed E-state index contributed by atoms with van der Waals surface area (Å²) in [7, 11) is -4.29. The van der Waals surface area contributed by atoms with Gasteiger partial charge in [-0.05, 0) is 26.8 Å². The molecule has 84 valence electrons. The second-order valence-corrected chi connectivity index (χ2v) is 5.42. The van der Waals surface area contributed by atoms with Crippen molar-refractivity contribution in [2.75, 3.05) is 0 Å². The van der Waals surface area contributed by atoms with Crippen LogP contribution in [0.4, 0.5) is 0 Å². The van der Waals surface area contributed by atoms with Gasteiger partial charge in [-0.3, -0.25) is 4.55 Å². The Balaban J connectivity index is 3.55. The van der Waals surface area contributed by atoms with Gasteiger partial charge in [-0.2, -0.15) is 8.42 Å². The molecule has 0 radical (unpaired) electrons. The number of hydrogen-bond acceptors (Lipinski definition) is 3. The smallest absolute Gasteiger partial charge is 0.294 e. The molecule has 0 fully saturated rings. The van der Waals surface area contributed by atoms with Crippen LogP contribution in [0.5, 0.6) is 0 Å². The Morgan fingerprint density at radius 3 is 2.20 bits per heavy atom. The van der Waals surface area contributed by atoms with Crippen LogP contribution in [-0.4, -0.2) is 18.1 Å². The molecular weight excluding hydrogens is 216 g/mol. The molecule has 0 saturated carbocycles. The molecule has 0 amide bonds. The molecule has 0 heterocycles. The van der Waals surface area contributed by atoms with Gasteiger partial charge in [-0.25, -0.2) is 0 Å². The molecule has 1 aromatic rings. The average molecular weight is 230 g/mol. The Morgan fingerprint density at radius 1 is 1.27 bits per heavy atom. The van der Waals surface area contributed by atoms with Gasteiger partial charge in [0.2, 0.25) is 0 Å². The van der Waals surface area contributed by atoms with Crippen molar-refractivity contribution >= 4 is 10.1 Å². The highest BCUT2D eigenvalue weighted by Crippen LogP contribution is 2.27. The van der Waals surface area contributed by atoms with Gasteiger partial charge in [0, 0.05) is 5.56 Å². The van der Waals surface area contributed by atoms with Gasteiger partial charge < -0.3 is 5.11 Å². The molecule has 15 heavy (non-hydrogen) atoms. The average Bonchev–Trinajstić information content (AvgIpc) is 2.00. The van der Waals surface area contributed by atoms with E-state index in [0.717, 1.165) is 5.56 Å². The van der Waals surface area contributed by atoms with E-state index in [-0.39, 0.29) is 10.5 Å². The maximum absolute atomic E-state index is 11.1. The summed E-state index contributed by atoms with van der Waals surface area (Å²) in [4.78, 5) is -0.249. The molecule has 0 aliphatic carbocycles. The molecule has 0 atom stereocenters. The summed E-state index contributed by atoms with van der Waals surface area (Å²) in [5.41, 5.74) is -0.290. The molecule has 4 nitrogen and oxygen atoms in total. The Labute approximate surface area is 89.3 Å². The van der Waals surface area contributed by atoms with Crippen LogP contribution >= 0.6 is 0 Å². The predicted molar refractivity (Wildman–Crippen MR) is 56.2 cm³/mol. The number of hydrogen-bond donors (Lipinski definition) is 2. The first-order chi connectivity index (χ1) is 6.62. The minimum Gasteiger partial charge on any atom is -0.386 e. The fourth-order valence-electron chi connectivity index (χ4n) is 1.35. The number of rotatable bonds is 2. The summed E-state index contributed by atoms with van der Waals surface area (Å²) in [5, 5.41) is 9.78. The van der Waals surface area contributed by atoms with E-state index < -0.39 is 15.7 Å². The number of benzene rings is 1. The van der Waals surface area contributed by atoms with Crippen LogP contribution < -0.4 is 0 Å². The third-order valence-corrected chi connectivity index (χ3v) is 2.98. The van der Waals surface area contributed by atoms with E-state index >= 15 is 0 Å². The summed E-state index contributed by atoms with van der Waals surface area (Å²) in [6, 6.07) is 4.40. The summed E-state index contributed by atoms with van der Waals surface area (Å²) >= 11 is 0. The van der Waals surface area contributed by atoms with E-state index in [2.05, 4.69) is 0 Å². The molecular formula is C10H14O4S. The summed E-state index contributed by atoms with van der Waals surface area (Å²) in [6.07, 6.45) is 0. The van der Waals surface area contributed by atoms with Crippen LogP contribution in [0, 0.1) is 6.92 Å². The molecule has 2 N–H and O–H groups in total. The van der Waals surface area contributed by atoms with Crippen LogP contribution in [0.1, 0.15) is 25.0 Å². The normalized spacial score (nSPS) is 12.9. The number of aryl methyl sites for hydroxylation is 1. The molecule has 0 bridgehead atoms. The minimum atomic E-state index is -4.29. The second kappa shape index (κ2) is 3.59. The van der Waals surface area contributed by atoms with E-state index in [1.807, 2.05) is 0 Å². The van der Waals surface area contributed by atoms with E-state index in [1.54, 1.807) is 19.1 Å². The molecule has 0 aromatic heterocycles. The molecule has 1 aromatic carbocycles. The van der Waals surface area contributed by atoms with Crippen molar-refractivity contribution in [2.45, 2.75) is 31.3 Å². The van der Waals surface area contributed by atoms with Crippen molar-refractivity contribution in [1.82, 2.24) is 0 Å². The lowest BCUT2D eigenvalue weighted by Gasteiger charge is -2.20. The minimum absolute atomic E-state index is 0.199. The van der Waals surface area contributed by atoms with Crippen molar-refractivity contribution in [3.63, 3.8) is 0 Å². The summed E-state index contributed by atoms with van der Waals surface area (Å²) in [6.45, 7) is 4.72. The third kappa shape index (κ3) is 2.77. The molecule has 0 aliphatic rings. The maximum atomic E-state index is 11.1. The standard InChI is InChI=1S/C10H14O4S/c1-7-4-5-9(15(12,13)14)8(6-7)10(2,3)11/h4-6,11H,1-3H3,(H,12,13,14). The molecule has 5 heteroatoms. The van der Waals surface area contributed by atoms with E-state index in [4.69, 9.17) is 4.55 Å². The fraction of sp³-hybridized carbons (Fsp3) is 0.400. The van der Waals surface area contributed by atoms with Crippen molar-refractivity contribution in [1.29, 1.82) is 0 Å². The lowest BCUT2D eigenvalue weighted by molar-refractivity contribution is 0.0752. The van der Waals surface area contributed by atoms with Crippen LogP contribution in [0.2, 0.25) is 0 Å². The first kappa shape index (κ1) is 12.2. The van der Waals surface area contributed by atoms with E-state index in [1.165, 1.54) is 19.9 Å². The first-order valence-corrected chi connectivity index (χ1v) is 5.87. The maximum Gasteiger partial charge on any atom is 0.294 e. The molecule has 0 saturated heterocycles. The highest BCUT2D eigenvalue weighted by Gasteiger charge is 2.25. The molecule has 0 unspecified atom stereocenters. The SMILES string of the molecule is Cc1ccc(S(=O)(=O)O)c(C(C)(C)O)c1. The fourth-order valence-corrected chi connectivity index (χ4v) is 2.17. The largest absolute Gasteiger partial charge is 0.386 e. The summed E-state index contributed by atoms with van der Waals surface area (Å²) in [5.74, 6) is 0. The zero-order chi connectivity index (χ0) is 11.9. The third-order valence-electron chi connectivity index (χ3n) is 2.07. The lowest BCUT2D eigenvalue weighted by atomic mass is 9.97. The Bertz CT molecular complexity index is 469. The Hall–Kier alpha value is -0.910. The Morgan fingerprint density at radius 2 is 1.80 bits per heavy atom.